The zero-order chi connectivity index (χ0) is 13.7. The highest BCUT2D eigenvalue weighted by atomic mass is 35.5. The first kappa shape index (κ1) is 14.5. The number of aryl methyl sites for hydroxylation is 1. The first-order valence-corrected chi connectivity index (χ1v) is 5.63. The van der Waals surface area contributed by atoms with Crippen molar-refractivity contribution in [2.24, 2.45) is 0 Å². The fraction of sp³-hybridized carbons (Fsp3) is 0.333. The Morgan fingerprint density at radius 2 is 2.17 bits per heavy atom. The zero-order valence-corrected chi connectivity index (χ0v) is 10.8. The van der Waals surface area contributed by atoms with Crippen molar-refractivity contribution in [1.82, 2.24) is 5.32 Å². The van der Waals surface area contributed by atoms with E-state index in [1.807, 2.05) is 0 Å². The molecule has 0 aliphatic heterocycles. The van der Waals surface area contributed by atoms with Crippen LogP contribution in [0.25, 0.3) is 0 Å². The van der Waals surface area contributed by atoms with Crippen LogP contribution in [0.3, 0.4) is 0 Å². The summed E-state index contributed by atoms with van der Waals surface area (Å²) >= 11 is 5.80. The molecule has 0 saturated heterocycles. The number of methoxy groups -OCH3 is 1. The molecule has 0 aliphatic carbocycles. The van der Waals surface area contributed by atoms with E-state index in [4.69, 9.17) is 16.7 Å². The Balaban J connectivity index is 2.87. The second kappa shape index (κ2) is 6.37. The maximum absolute atomic E-state index is 11.9. The van der Waals surface area contributed by atoms with E-state index in [2.05, 4.69) is 10.1 Å². The molecule has 0 aromatic heterocycles. The van der Waals surface area contributed by atoms with Crippen LogP contribution in [0.2, 0.25) is 5.02 Å². The van der Waals surface area contributed by atoms with Crippen molar-refractivity contribution >= 4 is 23.5 Å². The molecule has 1 aromatic rings. The van der Waals surface area contributed by atoms with Crippen molar-refractivity contribution in [3.63, 3.8) is 0 Å². The first-order valence-electron chi connectivity index (χ1n) is 5.25. The molecule has 1 aromatic carbocycles. The topological polar surface area (TPSA) is 75.6 Å². The normalized spacial score (nSPS) is 11.8. The van der Waals surface area contributed by atoms with Crippen LogP contribution in [0.5, 0.6) is 0 Å². The minimum atomic E-state index is -1.08. The highest BCUT2D eigenvalue weighted by Crippen LogP contribution is 2.15. The van der Waals surface area contributed by atoms with Crippen molar-refractivity contribution in [3.05, 3.63) is 34.3 Å². The number of hydrogen-bond donors (Lipinski definition) is 2. The van der Waals surface area contributed by atoms with Crippen LogP contribution in [0.1, 0.15) is 15.9 Å². The van der Waals surface area contributed by atoms with E-state index < -0.39 is 24.5 Å². The molecule has 0 saturated carbocycles. The Morgan fingerprint density at radius 1 is 1.50 bits per heavy atom. The van der Waals surface area contributed by atoms with E-state index in [-0.39, 0.29) is 0 Å². The van der Waals surface area contributed by atoms with Gasteiger partial charge in [-0.3, -0.25) is 4.79 Å². The number of hydrogen-bond acceptors (Lipinski definition) is 4. The maximum Gasteiger partial charge on any atom is 0.330 e. The largest absolute Gasteiger partial charge is 0.467 e. The molecule has 2 N–H and O–H groups in total. The van der Waals surface area contributed by atoms with Gasteiger partial charge in [0.25, 0.3) is 5.91 Å². The van der Waals surface area contributed by atoms with Crippen LogP contribution in [0.4, 0.5) is 0 Å². The highest BCUT2D eigenvalue weighted by molar-refractivity contribution is 6.31. The molecule has 0 heterocycles. The Labute approximate surface area is 110 Å². The quantitative estimate of drug-likeness (QED) is 0.798. The molecule has 0 bridgehead atoms. The monoisotopic (exact) mass is 271 g/mol. The Bertz CT molecular complexity index is 461. The number of halogens is 1. The van der Waals surface area contributed by atoms with Crippen LogP contribution in [-0.2, 0) is 9.53 Å². The van der Waals surface area contributed by atoms with Gasteiger partial charge >= 0.3 is 5.97 Å². The van der Waals surface area contributed by atoms with Gasteiger partial charge in [-0.05, 0) is 24.6 Å². The maximum atomic E-state index is 11.9. The van der Waals surface area contributed by atoms with Crippen LogP contribution < -0.4 is 5.32 Å². The number of aliphatic hydroxyl groups excluding tert-OH is 1. The number of amides is 1. The summed E-state index contributed by atoms with van der Waals surface area (Å²) in [5.74, 6) is -1.19. The number of benzene rings is 1. The van der Waals surface area contributed by atoms with E-state index in [0.717, 1.165) is 5.56 Å². The molecule has 0 aliphatic rings. The van der Waals surface area contributed by atoms with Crippen LogP contribution >= 0.6 is 11.6 Å². The molecule has 6 heteroatoms. The molecule has 98 valence electrons. The lowest BCUT2D eigenvalue weighted by Crippen LogP contribution is -2.44. The van der Waals surface area contributed by atoms with Crippen molar-refractivity contribution < 1.29 is 19.4 Å². The predicted octanol–water partition coefficient (Wildman–Crippen LogP) is 0.912. The average Bonchev–Trinajstić information content (AvgIpc) is 2.37. The zero-order valence-electron chi connectivity index (χ0n) is 10.1. The molecule has 0 radical (unpaired) electrons. The lowest BCUT2D eigenvalue weighted by atomic mass is 10.1. The van der Waals surface area contributed by atoms with Gasteiger partial charge in [-0.1, -0.05) is 17.7 Å². The summed E-state index contributed by atoms with van der Waals surface area (Å²) in [6.45, 7) is 1.22. The van der Waals surface area contributed by atoms with Gasteiger partial charge in [0.15, 0.2) is 6.04 Å². The Morgan fingerprint density at radius 3 is 2.72 bits per heavy atom. The molecular weight excluding hydrogens is 258 g/mol. The van der Waals surface area contributed by atoms with Gasteiger partial charge in [0.2, 0.25) is 0 Å². The minimum Gasteiger partial charge on any atom is -0.467 e. The number of aliphatic hydroxyl groups is 1. The molecule has 1 atom stereocenters. The van der Waals surface area contributed by atoms with E-state index >= 15 is 0 Å². The fourth-order valence-corrected chi connectivity index (χ4v) is 1.57. The van der Waals surface area contributed by atoms with Crippen molar-refractivity contribution in [2.45, 2.75) is 13.0 Å². The summed E-state index contributed by atoms with van der Waals surface area (Å²) in [4.78, 5) is 23.2. The summed E-state index contributed by atoms with van der Waals surface area (Å²) in [7, 11) is 1.18. The van der Waals surface area contributed by atoms with Gasteiger partial charge < -0.3 is 15.2 Å². The van der Waals surface area contributed by atoms with Crippen LogP contribution in [-0.4, -0.2) is 36.7 Å². The third-order valence-electron chi connectivity index (χ3n) is 2.42. The number of esters is 1. The van der Waals surface area contributed by atoms with E-state index in [1.54, 1.807) is 19.1 Å². The molecule has 0 spiro atoms. The molecule has 0 fully saturated rings. The van der Waals surface area contributed by atoms with Gasteiger partial charge in [0.1, 0.15) is 0 Å². The van der Waals surface area contributed by atoms with Crippen molar-refractivity contribution in [3.8, 4) is 0 Å². The Kier molecular flexibility index (Phi) is 5.12. The second-order valence-corrected chi connectivity index (χ2v) is 4.13. The van der Waals surface area contributed by atoms with Crippen LogP contribution in [0.15, 0.2) is 18.2 Å². The number of ether oxygens (including phenoxy) is 1. The summed E-state index contributed by atoms with van der Waals surface area (Å²) in [5, 5.41) is 11.8. The standard InChI is InChI=1S/C12H14ClNO4/c1-7-3-4-8(13)5-9(7)11(16)14-10(6-15)12(17)18-2/h3-5,10,15H,6H2,1-2H3,(H,14,16). The number of nitrogens with one attached hydrogen (secondary N) is 1. The van der Waals surface area contributed by atoms with Crippen molar-refractivity contribution in [1.29, 1.82) is 0 Å². The molecular formula is C12H14ClNO4. The average molecular weight is 272 g/mol. The molecule has 1 unspecified atom stereocenters. The van der Waals surface area contributed by atoms with Gasteiger partial charge in [-0.15, -0.1) is 0 Å². The first-order chi connectivity index (χ1) is 8.49. The van der Waals surface area contributed by atoms with E-state index in [1.165, 1.54) is 13.2 Å². The number of rotatable bonds is 4. The second-order valence-electron chi connectivity index (χ2n) is 3.69. The smallest absolute Gasteiger partial charge is 0.330 e. The fourth-order valence-electron chi connectivity index (χ4n) is 1.40. The summed E-state index contributed by atoms with van der Waals surface area (Å²) < 4.78 is 4.45. The van der Waals surface area contributed by atoms with Gasteiger partial charge in [-0.25, -0.2) is 4.79 Å². The minimum absolute atomic E-state index is 0.352. The van der Waals surface area contributed by atoms with Gasteiger partial charge in [-0.2, -0.15) is 0 Å². The molecule has 1 amide bonds. The summed E-state index contributed by atoms with van der Waals surface area (Å²) in [6.07, 6.45) is 0. The van der Waals surface area contributed by atoms with Gasteiger partial charge in [0.05, 0.1) is 13.7 Å². The lowest BCUT2D eigenvalue weighted by Gasteiger charge is -2.14. The molecule has 1 rings (SSSR count). The summed E-state index contributed by atoms with van der Waals surface area (Å²) in [5.41, 5.74) is 1.07. The number of carbonyl (C=O) groups is 2. The predicted molar refractivity (Wildman–Crippen MR) is 66.5 cm³/mol. The Hall–Kier alpha value is -1.59. The van der Waals surface area contributed by atoms with E-state index in [9.17, 15) is 9.59 Å². The number of carbonyl (C=O) groups excluding carboxylic acids is 2. The summed E-state index contributed by atoms with van der Waals surface area (Å²) in [6, 6.07) is 3.78. The van der Waals surface area contributed by atoms with Crippen LogP contribution in [0, 0.1) is 6.92 Å². The van der Waals surface area contributed by atoms with E-state index in [0.29, 0.717) is 10.6 Å². The SMILES string of the molecule is COC(=O)C(CO)NC(=O)c1cc(Cl)ccc1C. The lowest BCUT2D eigenvalue weighted by molar-refractivity contribution is -0.143. The third-order valence-corrected chi connectivity index (χ3v) is 2.65. The molecule has 18 heavy (non-hydrogen) atoms. The van der Waals surface area contributed by atoms with Crippen molar-refractivity contribution in [2.75, 3.05) is 13.7 Å². The molecule has 5 nitrogen and oxygen atoms in total. The van der Waals surface area contributed by atoms with Gasteiger partial charge in [0, 0.05) is 10.6 Å². The highest BCUT2D eigenvalue weighted by Gasteiger charge is 2.21. The third kappa shape index (κ3) is 3.45.